The van der Waals surface area contributed by atoms with Crippen LogP contribution in [0.5, 0.6) is 11.5 Å². The van der Waals surface area contributed by atoms with E-state index < -0.39 is 12.1 Å². The third kappa shape index (κ3) is 3.11. The van der Waals surface area contributed by atoms with Crippen molar-refractivity contribution in [2.75, 3.05) is 23.7 Å². The maximum atomic E-state index is 12.6. The van der Waals surface area contributed by atoms with E-state index in [2.05, 4.69) is 10.6 Å². The largest absolute Gasteiger partial charge is 0.454 e. The maximum Gasteiger partial charge on any atom is 0.248 e. The molecule has 0 saturated carbocycles. The zero-order valence-electron chi connectivity index (χ0n) is 13.3. The number of amides is 3. The summed E-state index contributed by atoms with van der Waals surface area (Å²) in [5.41, 5.74) is 0.590. The number of rotatable bonds is 3. The molecule has 1 aromatic carbocycles. The summed E-state index contributed by atoms with van der Waals surface area (Å²) in [7, 11) is 0. The molecule has 25 heavy (non-hydrogen) atoms. The van der Waals surface area contributed by atoms with Gasteiger partial charge in [-0.05, 0) is 18.6 Å². The lowest BCUT2D eigenvalue weighted by atomic mass is 10.1. The molecule has 2 atom stereocenters. The molecule has 132 valence electrons. The second-order valence-corrected chi connectivity index (χ2v) is 7.04. The summed E-state index contributed by atoms with van der Waals surface area (Å²) in [5, 5.41) is 5.50. The number of carbonyl (C=O) groups excluding carboxylic acids is 3. The summed E-state index contributed by atoms with van der Waals surface area (Å²) in [6.45, 7) is 0.168. The van der Waals surface area contributed by atoms with Crippen molar-refractivity contribution < 1.29 is 23.9 Å². The van der Waals surface area contributed by atoms with Crippen molar-refractivity contribution in [3.05, 3.63) is 18.2 Å². The number of anilines is 1. The van der Waals surface area contributed by atoms with Crippen LogP contribution < -0.4 is 20.1 Å². The molecule has 2 fully saturated rings. The Morgan fingerprint density at radius 1 is 1.28 bits per heavy atom. The molecule has 2 N–H and O–H groups in total. The van der Waals surface area contributed by atoms with Crippen LogP contribution in [0.4, 0.5) is 5.69 Å². The van der Waals surface area contributed by atoms with Gasteiger partial charge >= 0.3 is 0 Å². The maximum absolute atomic E-state index is 12.6. The second kappa shape index (κ2) is 6.47. The molecule has 3 amide bonds. The van der Waals surface area contributed by atoms with E-state index in [1.807, 2.05) is 0 Å². The number of nitrogens with one attached hydrogen (secondary N) is 2. The Hall–Kier alpha value is -2.42. The normalized spacial score (nSPS) is 24.3. The van der Waals surface area contributed by atoms with Crippen molar-refractivity contribution in [3.8, 4) is 11.5 Å². The van der Waals surface area contributed by atoms with Gasteiger partial charge in [0, 0.05) is 23.9 Å². The first kappa shape index (κ1) is 16.1. The van der Waals surface area contributed by atoms with Crippen LogP contribution in [0.15, 0.2) is 18.2 Å². The van der Waals surface area contributed by atoms with Gasteiger partial charge in [-0.1, -0.05) is 0 Å². The van der Waals surface area contributed by atoms with Crippen molar-refractivity contribution in [1.29, 1.82) is 0 Å². The van der Waals surface area contributed by atoms with Crippen LogP contribution in [0.2, 0.25) is 0 Å². The number of nitrogens with zero attached hydrogens (tertiary/aromatic N) is 1. The molecule has 2 saturated heterocycles. The molecule has 9 heteroatoms. The summed E-state index contributed by atoms with van der Waals surface area (Å²) in [4.78, 5) is 38.1. The van der Waals surface area contributed by atoms with Crippen LogP contribution in [0.25, 0.3) is 0 Å². The molecule has 4 rings (SSSR count). The zero-order valence-corrected chi connectivity index (χ0v) is 14.1. The Morgan fingerprint density at radius 3 is 2.92 bits per heavy atom. The molecule has 3 aliphatic rings. The van der Waals surface area contributed by atoms with Gasteiger partial charge in [0.25, 0.3) is 0 Å². The number of thioether (sulfide) groups is 1. The molecule has 3 aliphatic heterocycles. The number of carbonyl (C=O) groups is 3. The highest BCUT2D eigenvalue weighted by atomic mass is 32.2. The highest BCUT2D eigenvalue weighted by Crippen LogP contribution is 2.34. The lowest BCUT2D eigenvalue weighted by Gasteiger charge is -2.25. The summed E-state index contributed by atoms with van der Waals surface area (Å²) in [6, 6.07) is 4.09. The van der Waals surface area contributed by atoms with Gasteiger partial charge in [-0.3, -0.25) is 14.4 Å². The quantitative estimate of drug-likeness (QED) is 0.813. The third-order valence-corrected chi connectivity index (χ3v) is 5.41. The van der Waals surface area contributed by atoms with Crippen molar-refractivity contribution >= 4 is 35.2 Å². The van der Waals surface area contributed by atoms with Gasteiger partial charge in [0.2, 0.25) is 24.5 Å². The topological polar surface area (TPSA) is 97.0 Å². The molecule has 1 aromatic rings. The first-order valence-electron chi connectivity index (χ1n) is 8.00. The fraction of sp³-hybridized carbons (Fsp3) is 0.438. The number of hydrogen-bond donors (Lipinski definition) is 2. The van der Waals surface area contributed by atoms with Gasteiger partial charge in [0.05, 0.1) is 5.88 Å². The third-order valence-electron chi connectivity index (χ3n) is 4.40. The second-order valence-electron chi connectivity index (χ2n) is 6.04. The Balaban J connectivity index is 1.43. The van der Waals surface area contributed by atoms with Gasteiger partial charge in [-0.25, -0.2) is 0 Å². The van der Waals surface area contributed by atoms with Gasteiger partial charge < -0.3 is 25.0 Å². The van der Waals surface area contributed by atoms with Crippen molar-refractivity contribution in [1.82, 2.24) is 10.2 Å². The molecule has 3 heterocycles. The van der Waals surface area contributed by atoms with Crippen molar-refractivity contribution in [2.24, 2.45) is 0 Å². The Bertz CT molecular complexity index is 740. The van der Waals surface area contributed by atoms with E-state index in [4.69, 9.17) is 9.47 Å². The van der Waals surface area contributed by atoms with Gasteiger partial charge in [-0.2, -0.15) is 0 Å². The Labute approximate surface area is 148 Å². The van der Waals surface area contributed by atoms with Crippen LogP contribution in [0.1, 0.15) is 12.8 Å². The van der Waals surface area contributed by atoms with Crippen LogP contribution in [-0.4, -0.2) is 53.1 Å². The molecule has 0 aliphatic carbocycles. The van der Waals surface area contributed by atoms with Crippen molar-refractivity contribution in [2.45, 2.75) is 24.9 Å². The van der Waals surface area contributed by atoms with E-state index in [0.29, 0.717) is 41.7 Å². The molecule has 0 radical (unpaired) electrons. The average Bonchev–Trinajstić information content (AvgIpc) is 3.33. The minimum atomic E-state index is -0.555. The number of ether oxygens (including phenoxy) is 2. The van der Waals surface area contributed by atoms with Crippen LogP contribution in [0, 0.1) is 0 Å². The van der Waals surface area contributed by atoms with Crippen LogP contribution >= 0.6 is 11.8 Å². The lowest BCUT2D eigenvalue weighted by Crippen LogP contribution is -2.50. The molecule has 0 aromatic heterocycles. The predicted molar refractivity (Wildman–Crippen MR) is 90.3 cm³/mol. The van der Waals surface area contributed by atoms with Gasteiger partial charge in [0.1, 0.15) is 12.1 Å². The summed E-state index contributed by atoms with van der Waals surface area (Å²) in [6.07, 6.45) is 0.834. The summed E-state index contributed by atoms with van der Waals surface area (Å²) >= 11 is 1.52. The lowest BCUT2D eigenvalue weighted by molar-refractivity contribution is -0.138. The molecule has 8 nitrogen and oxygen atoms in total. The first-order chi connectivity index (χ1) is 12.1. The van der Waals surface area contributed by atoms with Crippen LogP contribution in [-0.2, 0) is 14.4 Å². The van der Waals surface area contributed by atoms with E-state index in [1.165, 1.54) is 11.8 Å². The van der Waals surface area contributed by atoms with E-state index in [0.717, 1.165) is 0 Å². The fourth-order valence-electron chi connectivity index (χ4n) is 3.08. The van der Waals surface area contributed by atoms with Crippen LogP contribution in [0.3, 0.4) is 0 Å². The van der Waals surface area contributed by atoms with Crippen molar-refractivity contribution in [3.63, 3.8) is 0 Å². The van der Waals surface area contributed by atoms with Gasteiger partial charge in [0.15, 0.2) is 11.5 Å². The minimum Gasteiger partial charge on any atom is -0.454 e. The molecule has 0 bridgehead atoms. The number of fused-ring (bicyclic) bond motifs is 1. The smallest absolute Gasteiger partial charge is 0.248 e. The van der Waals surface area contributed by atoms with E-state index in [9.17, 15) is 14.4 Å². The molecular formula is C16H17N3O5S. The monoisotopic (exact) mass is 363 g/mol. The van der Waals surface area contributed by atoms with E-state index in [-0.39, 0.29) is 24.5 Å². The zero-order chi connectivity index (χ0) is 17.4. The fourth-order valence-corrected chi connectivity index (χ4v) is 4.24. The highest BCUT2D eigenvalue weighted by Gasteiger charge is 2.39. The molecular weight excluding hydrogens is 346 g/mol. The Kier molecular flexibility index (Phi) is 4.16. The standard InChI is InChI=1S/C16H17N3O5S/c20-14-4-2-10(18-14)16(22)19-7-25-6-11(19)15(21)17-9-1-3-12-13(5-9)24-8-23-12/h1,3,5,10-11H,2,4,6-8H2,(H,17,21)(H,18,20)/t10-,11+/m0/s1. The average molecular weight is 363 g/mol. The molecule has 0 spiro atoms. The summed E-state index contributed by atoms with van der Waals surface area (Å²) in [5.74, 6) is 1.64. The number of hydrogen-bond acceptors (Lipinski definition) is 6. The predicted octanol–water partition coefficient (Wildman–Crippen LogP) is 0.534. The van der Waals surface area contributed by atoms with E-state index in [1.54, 1.807) is 23.1 Å². The summed E-state index contributed by atoms with van der Waals surface area (Å²) < 4.78 is 10.5. The number of benzene rings is 1. The Morgan fingerprint density at radius 2 is 2.12 bits per heavy atom. The van der Waals surface area contributed by atoms with E-state index >= 15 is 0 Å². The highest BCUT2D eigenvalue weighted by molar-refractivity contribution is 7.99. The SMILES string of the molecule is O=C1CC[C@@H](C(=O)N2CSC[C@@H]2C(=O)Nc2ccc3c(c2)OCO3)N1. The van der Waals surface area contributed by atoms with Gasteiger partial charge in [-0.15, -0.1) is 11.8 Å². The molecule has 0 unspecified atom stereocenters. The first-order valence-corrected chi connectivity index (χ1v) is 9.15. The minimum absolute atomic E-state index is 0.119.